The largest absolute Gasteiger partial charge is 0.437 e. The summed E-state index contributed by atoms with van der Waals surface area (Å²) in [7, 11) is -2.79. The number of hydrogen-bond donors (Lipinski definition) is 0. The van der Waals surface area contributed by atoms with E-state index in [-0.39, 0.29) is 0 Å². The molecule has 5 heteroatoms. The molecule has 0 heterocycles. The van der Waals surface area contributed by atoms with Crippen molar-refractivity contribution in [2.75, 3.05) is 0 Å². The third kappa shape index (κ3) is 3.66. The van der Waals surface area contributed by atoms with E-state index in [0.29, 0.717) is 9.76 Å². The average molecular weight is 404 g/mol. The molecule has 0 aliphatic rings. The molecule has 0 unspecified atom stereocenters. The van der Waals surface area contributed by atoms with E-state index in [1.165, 1.54) is 37.5 Å². The van der Waals surface area contributed by atoms with E-state index in [9.17, 15) is 0 Å². The Bertz CT molecular complexity index is 1120. The summed E-state index contributed by atoms with van der Waals surface area (Å²) in [6.45, 7) is 8.61. The molecular formula is C22H23O2Si3. The predicted molar refractivity (Wildman–Crippen MR) is 121 cm³/mol. The van der Waals surface area contributed by atoms with Crippen molar-refractivity contribution in [1.29, 1.82) is 0 Å². The van der Waals surface area contributed by atoms with E-state index in [4.69, 9.17) is 8.23 Å². The van der Waals surface area contributed by atoms with E-state index in [1.54, 1.807) is 0 Å². The van der Waals surface area contributed by atoms with E-state index in [0.717, 1.165) is 0 Å². The molecule has 135 valence electrons. The van der Waals surface area contributed by atoms with Crippen LogP contribution in [0.1, 0.15) is 0 Å². The quantitative estimate of drug-likeness (QED) is 0.253. The molecule has 0 aliphatic carbocycles. The third-order valence-corrected chi connectivity index (χ3v) is 12.0. The molecule has 0 bridgehead atoms. The first-order chi connectivity index (χ1) is 13.0. The SMILES string of the molecule is C[Si]O[Si](C)(C)O[Si](C)c1cccc2ccc3cc4ccccc4cc3c12. The molecule has 0 aliphatic heterocycles. The fourth-order valence-electron chi connectivity index (χ4n) is 3.79. The minimum atomic E-state index is -2.09. The van der Waals surface area contributed by atoms with E-state index < -0.39 is 17.6 Å². The number of rotatable bonds is 5. The third-order valence-electron chi connectivity index (χ3n) is 4.85. The van der Waals surface area contributed by atoms with Gasteiger partial charge in [0.2, 0.25) is 18.8 Å². The Morgan fingerprint density at radius 1 is 0.815 bits per heavy atom. The smallest absolute Gasteiger partial charge is 0.311 e. The van der Waals surface area contributed by atoms with Crippen LogP contribution in [0.5, 0.6) is 0 Å². The van der Waals surface area contributed by atoms with Crippen LogP contribution in [-0.4, -0.2) is 27.4 Å². The predicted octanol–water partition coefficient (Wildman–Crippen LogP) is 5.38. The fraction of sp³-hybridized carbons (Fsp3) is 0.182. The van der Waals surface area contributed by atoms with Gasteiger partial charge in [0.05, 0.1) is 0 Å². The van der Waals surface area contributed by atoms with Crippen molar-refractivity contribution in [3.05, 3.63) is 66.7 Å². The number of benzene rings is 4. The van der Waals surface area contributed by atoms with Crippen molar-refractivity contribution in [2.24, 2.45) is 0 Å². The molecule has 0 spiro atoms. The lowest BCUT2D eigenvalue weighted by Crippen LogP contribution is -2.45. The highest BCUT2D eigenvalue weighted by Gasteiger charge is 2.28. The molecule has 0 aromatic heterocycles. The van der Waals surface area contributed by atoms with Crippen LogP contribution in [0.25, 0.3) is 32.3 Å². The molecule has 0 amide bonds. The first-order valence-electron chi connectivity index (χ1n) is 9.20. The summed E-state index contributed by atoms with van der Waals surface area (Å²) in [5.74, 6) is 0. The number of fused-ring (bicyclic) bond motifs is 4. The molecule has 0 atom stereocenters. The summed E-state index contributed by atoms with van der Waals surface area (Å²) in [5, 5.41) is 9.11. The Labute approximate surface area is 166 Å². The van der Waals surface area contributed by atoms with Crippen molar-refractivity contribution < 1.29 is 8.23 Å². The Balaban J connectivity index is 1.92. The van der Waals surface area contributed by atoms with Crippen LogP contribution < -0.4 is 5.19 Å². The summed E-state index contributed by atoms with van der Waals surface area (Å²) in [6.07, 6.45) is 0. The minimum Gasteiger partial charge on any atom is -0.437 e. The minimum absolute atomic E-state index is 0.474. The standard InChI is InChI=1S/C22H23O2Si3/c1-25-23-27(3,4)24-26(2)21-11-7-10-16-12-13-19-14-17-8-5-6-9-18(17)15-20(19)22(16)21/h5-15H,1-4H3. The topological polar surface area (TPSA) is 18.5 Å². The molecular weight excluding hydrogens is 380 g/mol. The molecule has 2 nitrogen and oxygen atoms in total. The Morgan fingerprint density at radius 3 is 2.22 bits per heavy atom. The molecule has 0 N–H and O–H groups in total. The Kier molecular flexibility index (Phi) is 5.05. The van der Waals surface area contributed by atoms with Gasteiger partial charge in [0.1, 0.15) is 0 Å². The fourth-order valence-corrected chi connectivity index (χ4v) is 10.6. The van der Waals surface area contributed by atoms with Gasteiger partial charge in [0, 0.05) is 0 Å². The summed E-state index contributed by atoms with van der Waals surface area (Å²) >= 11 is 0. The second kappa shape index (κ2) is 7.33. The molecule has 4 rings (SSSR count). The highest BCUT2D eigenvalue weighted by Crippen LogP contribution is 2.29. The van der Waals surface area contributed by atoms with Crippen molar-refractivity contribution in [3.63, 3.8) is 0 Å². The van der Waals surface area contributed by atoms with Crippen molar-refractivity contribution >= 4 is 64.9 Å². The molecule has 4 aromatic carbocycles. The van der Waals surface area contributed by atoms with Crippen LogP contribution in [0.2, 0.25) is 26.2 Å². The van der Waals surface area contributed by atoms with Crippen LogP contribution in [0.4, 0.5) is 0 Å². The zero-order chi connectivity index (χ0) is 19.0. The maximum absolute atomic E-state index is 6.53. The van der Waals surface area contributed by atoms with E-state index in [2.05, 4.69) is 92.9 Å². The van der Waals surface area contributed by atoms with Gasteiger partial charge in [0.25, 0.3) is 0 Å². The van der Waals surface area contributed by atoms with Gasteiger partial charge in [-0.2, -0.15) is 0 Å². The van der Waals surface area contributed by atoms with Crippen molar-refractivity contribution in [1.82, 2.24) is 0 Å². The lowest BCUT2D eigenvalue weighted by atomic mass is 9.98. The lowest BCUT2D eigenvalue weighted by molar-refractivity contribution is 0.425. The van der Waals surface area contributed by atoms with Gasteiger partial charge in [-0.3, -0.25) is 0 Å². The summed E-state index contributed by atoms with van der Waals surface area (Å²) in [5.41, 5.74) is 0. The number of hydrogen-bond acceptors (Lipinski definition) is 2. The lowest BCUT2D eigenvalue weighted by Gasteiger charge is -2.27. The Hall–Kier alpha value is -1.77. The zero-order valence-electron chi connectivity index (χ0n) is 16.2. The van der Waals surface area contributed by atoms with Gasteiger partial charge >= 0.3 is 8.56 Å². The van der Waals surface area contributed by atoms with Gasteiger partial charge < -0.3 is 8.23 Å². The normalized spacial score (nSPS) is 12.5. The first kappa shape index (κ1) is 18.6. The van der Waals surface area contributed by atoms with Crippen LogP contribution in [0, 0.1) is 0 Å². The van der Waals surface area contributed by atoms with Gasteiger partial charge in [-0.1, -0.05) is 54.6 Å². The molecule has 3 radical (unpaired) electrons. The van der Waals surface area contributed by atoms with E-state index >= 15 is 0 Å². The maximum atomic E-state index is 6.53. The first-order valence-corrected chi connectivity index (χ1v) is 15.3. The van der Waals surface area contributed by atoms with Gasteiger partial charge in [0.15, 0.2) is 0 Å². The van der Waals surface area contributed by atoms with Gasteiger partial charge in [-0.05, 0) is 75.8 Å². The molecule has 4 aromatic rings. The zero-order valence-corrected chi connectivity index (χ0v) is 19.2. The second-order valence-electron chi connectivity index (χ2n) is 7.25. The molecule has 27 heavy (non-hydrogen) atoms. The summed E-state index contributed by atoms with van der Waals surface area (Å²) < 4.78 is 12.5. The van der Waals surface area contributed by atoms with Crippen LogP contribution in [-0.2, 0) is 8.23 Å². The molecule has 0 saturated carbocycles. The Morgan fingerprint density at radius 2 is 1.48 bits per heavy atom. The monoisotopic (exact) mass is 403 g/mol. The summed E-state index contributed by atoms with van der Waals surface area (Å²) in [6, 6.07) is 24.3. The van der Waals surface area contributed by atoms with Crippen molar-refractivity contribution in [2.45, 2.75) is 26.2 Å². The summed E-state index contributed by atoms with van der Waals surface area (Å²) in [4.78, 5) is 0. The van der Waals surface area contributed by atoms with Crippen molar-refractivity contribution in [3.8, 4) is 0 Å². The van der Waals surface area contributed by atoms with Gasteiger partial charge in [-0.25, -0.2) is 0 Å². The maximum Gasteiger partial charge on any atom is 0.311 e. The van der Waals surface area contributed by atoms with Crippen LogP contribution >= 0.6 is 0 Å². The highest BCUT2D eigenvalue weighted by molar-refractivity contribution is 6.81. The molecule has 0 saturated heterocycles. The van der Waals surface area contributed by atoms with Gasteiger partial charge in [-0.15, -0.1) is 0 Å². The molecule has 0 fully saturated rings. The van der Waals surface area contributed by atoms with Crippen LogP contribution in [0.3, 0.4) is 0 Å². The highest BCUT2D eigenvalue weighted by atomic mass is 28.4. The van der Waals surface area contributed by atoms with E-state index in [1.807, 2.05) is 0 Å². The average Bonchev–Trinajstić information content (AvgIpc) is 2.65. The van der Waals surface area contributed by atoms with Crippen LogP contribution in [0.15, 0.2) is 66.7 Å². The second-order valence-corrected chi connectivity index (χ2v) is 13.7.